The molecule has 1 aliphatic heterocycles. The normalized spacial score (nSPS) is 14.4. The number of rotatable bonds is 11. The number of pyridine rings is 2. The first-order valence-electron chi connectivity index (χ1n) is 12.3. The smallest absolute Gasteiger partial charge is 0.263 e. The number of hydrogen-bond acceptors (Lipinski definition) is 9. The van der Waals surface area contributed by atoms with Gasteiger partial charge in [0.25, 0.3) is 10.0 Å². The quantitative estimate of drug-likeness (QED) is 0.272. The van der Waals surface area contributed by atoms with Gasteiger partial charge in [0.2, 0.25) is 0 Å². The first kappa shape index (κ1) is 27.0. The molecule has 196 valence electrons. The molecule has 37 heavy (non-hydrogen) atoms. The van der Waals surface area contributed by atoms with Crippen LogP contribution in [0.25, 0.3) is 10.9 Å². The lowest BCUT2D eigenvalue weighted by Gasteiger charge is -2.26. The van der Waals surface area contributed by atoms with E-state index in [1.807, 2.05) is 12.1 Å². The van der Waals surface area contributed by atoms with Crippen molar-refractivity contribution in [3.05, 3.63) is 54.2 Å². The number of aromatic nitrogens is 2. The van der Waals surface area contributed by atoms with Crippen molar-refractivity contribution >= 4 is 55.2 Å². The van der Waals surface area contributed by atoms with E-state index < -0.39 is 10.0 Å². The molecule has 11 heteroatoms. The summed E-state index contributed by atoms with van der Waals surface area (Å²) in [6.45, 7) is 5.69. The highest BCUT2D eigenvalue weighted by Gasteiger charge is 2.17. The summed E-state index contributed by atoms with van der Waals surface area (Å²) in [4.78, 5) is 34.4. The molecular formula is C26H31N5O4S2. The van der Waals surface area contributed by atoms with Crippen LogP contribution in [0.3, 0.4) is 0 Å². The van der Waals surface area contributed by atoms with Gasteiger partial charge in [-0.05, 0) is 81.4 Å². The number of Topliss-reactive ketones (excluding diaryl/α,β-unsaturated/α-hetero) is 1. The van der Waals surface area contributed by atoms with E-state index in [9.17, 15) is 18.0 Å². The van der Waals surface area contributed by atoms with Gasteiger partial charge in [-0.3, -0.25) is 14.3 Å². The SMILES string of the molecule is CC(=O)SCC(=O)c1ccc(NS(=O)(=O)c2ccc3nc(NCCCN4CCCCC4)ccc3c2)nc1. The number of sulfonamides is 1. The number of nitrogens with one attached hydrogen (secondary N) is 2. The molecule has 0 spiro atoms. The van der Waals surface area contributed by atoms with Crippen LogP contribution in [0.4, 0.5) is 11.6 Å². The molecule has 2 aromatic heterocycles. The van der Waals surface area contributed by atoms with Crippen LogP contribution in [0.1, 0.15) is 43.0 Å². The van der Waals surface area contributed by atoms with Gasteiger partial charge in [-0.25, -0.2) is 18.4 Å². The zero-order chi connectivity index (χ0) is 26.3. The van der Waals surface area contributed by atoms with Crippen molar-refractivity contribution in [1.29, 1.82) is 0 Å². The number of hydrogen-bond donors (Lipinski definition) is 2. The molecule has 3 aromatic rings. The fraction of sp³-hybridized carbons (Fsp3) is 0.385. The van der Waals surface area contributed by atoms with E-state index in [0.29, 0.717) is 16.5 Å². The van der Waals surface area contributed by atoms with Crippen LogP contribution in [0.2, 0.25) is 0 Å². The average molecular weight is 542 g/mol. The highest BCUT2D eigenvalue weighted by molar-refractivity contribution is 8.14. The zero-order valence-corrected chi connectivity index (χ0v) is 22.4. The van der Waals surface area contributed by atoms with Crippen LogP contribution >= 0.6 is 11.8 Å². The van der Waals surface area contributed by atoms with Crippen LogP contribution in [0.15, 0.2) is 53.6 Å². The molecule has 0 atom stereocenters. The number of thioether (sulfide) groups is 1. The van der Waals surface area contributed by atoms with Gasteiger partial charge in [0.1, 0.15) is 11.6 Å². The molecule has 0 saturated carbocycles. The van der Waals surface area contributed by atoms with Gasteiger partial charge in [0, 0.05) is 30.6 Å². The standard InChI is InChI=1S/C26H31N5O4S2/c1-19(32)36-18-24(33)21-7-11-26(28-17-21)30-37(34,35)22-8-9-23-20(16-22)6-10-25(29-23)27-12-5-15-31-13-3-2-4-14-31/h6-11,16-17H,2-5,12-15,18H2,1H3,(H,27,29)(H,28,30). The monoisotopic (exact) mass is 541 g/mol. The summed E-state index contributed by atoms with van der Waals surface area (Å²) in [6, 6.07) is 11.4. The first-order valence-corrected chi connectivity index (χ1v) is 14.8. The second kappa shape index (κ2) is 12.5. The van der Waals surface area contributed by atoms with E-state index in [4.69, 9.17) is 0 Å². The molecule has 2 N–H and O–H groups in total. The molecule has 0 bridgehead atoms. The molecule has 1 saturated heterocycles. The maximum atomic E-state index is 12.9. The van der Waals surface area contributed by atoms with Gasteiger partial charge >= 0.3 is 0 Å². The van der Waals surface area contributed by atoms with Gasteiger partial charge in [0.15, 0.2) is 10.9 Å². The molecule has 9 nitrogen and oxygen atoms in total. The van der Waals surface area contributed by atoms with Crippen molar-refractivity contribution in [3.63, 3.8) is 0 Å². The van der Waals surface area contributed by atoms with E-state index in [1.54, 1.807) is 12.1 Å². The van der Waals surface area contributed by atoms with Gasteiger partial charge in [-0.15, -0.1) is 0 Å². The number of benzene rings is 1. The van der Waals surface area contributed by atoms with Gasteiger partial charge in [-0.1, -0.05) is 18.2 Å². The summed E-state index contributed by atoms with van der Waals surface area (Å²) in [6.07, 6.45) is 6.26. The van der Waals surface area contributed by atoms with Gasteiger partial charge in [0.05, 0.1) is 16.2 Å². The Hall–Kier alpha value is -3.02. The topological polar surface area (TPSA) is 121 Å². The van der Waals surface area contributed by atoms with Crippen molar-refractivity contribution in [3.8, 4) is 0 Å². The lowest BCUT2D eigenvalue weighted by atomic mass is 10.1. The zero-order valence-electron chi connectivity index (χ0n) is 20.8. The van der Waals surface area contributed by atoms with Crippen LogP contribution < -0.4 is 10.0 Å². The highest BCUT2D eigenvalue weighted by atomic mass is 32.2. The summed E-state index contributed by atoms with van der Waals surface area (Å²) < 4.78 is 28.3. The lowest BCUT2D eigenvalue weighted by Crippen LogP contribution is -2.31. The van der Waals surface area contributed by atoms with E-state index >= 15 is 0 Å². The number of piperidine rings is 1. The van der Waals surface area contributed by atoms with E-state index in [0.717, 1.165) is 37.1 Å². The molecule has 1 aliphatic rings. The third-order valence-electron chi connectivity index (χ3n) is 6.11. The van der Waals surface area contributed by atoms with Crippen LogP contribution in [0, 0.1) is 0 Å². The molecule has 1 fully saturated rings. The minimum atomic E-state index is -3.89. The maximum absolute atomic E-state index is 12.9. The largest absolute Gasteiger partial charge is 0.370 e. The molecular weight excluding hydrogens is 510 g/mol. The highest BCUT2D eigenvalue weighted by Crippen LogP contribution is 2.22. The van der Waals surface area contributed by atoms with Gasteiger partial charge in [-0.2, -0.15) is 0 Å². The second-order valence-electron chi connectivity index (χ2n) is 8.97. The van der Waals surface area contributed by atoms with Crippen molar-refractivity contribution in [1.82, 2.24) is 14.9 Å². The van der Waals surface area contributed by atoms with Crippen LogP contribution in [-0.4, -0.2) is 66.1 Å². The second-order valence-corrected chi connectivity index (χ2v) is 11.8. The summed E-state index contributed by atoms with van der Waals surface area (Å²) >= 11 is 0.919. The Labute approximate surface area is 221 Å². The van der Waals surface area contributed by atoms with Crippen LogP contribution in [0.5, 0.6) is 0 Å². The summed E-state index contributed by atoms with van der Waals surface area (Å²) in [5, 5.41) is 3.92. The number of anilines is 2. The molecule has 0 unspecified atom stereocenters. The lowest BCUT2D eigenvalue weighted by molar-refractivity contribution is -0.109. The predicted octanol–water partition coefficient (Wildman–Crippen LogP) is 4.18. The van der Waals surface area contributed by atoms with E-state index in [2.05, 4.69) is 24.9 Å². The summed E-state index contributed by atoms with van der Waals surface area (Å²) in [5.41, 5.74) is 1.01. The summed E-state index contributed by atoms with van der Waals surface area (Å²) in [7, 11) is -3.89. The number of ketones is 1. The Bertz CT molecular complexity index is 1360. The molecule has 0 radical (unpaired) electrons. The molecule has 3 heterocycles. The molecule has 0 amide bonds. The maximum Gasteiger partial charge on any atom is 0.263 e. The fourth-order valence-electron chi connectivity index (χ4n) is 4.14. The Morgan fingerprint density at radius 1 is 1.03 bits per heavy atom. The summed E-state index contributed by atoms with van der Waals surface area (Å²) in [5.74, 6) is 0.627. The number of likely N-dealkylation sites (tertiary alicyclic amines) is 1. The van der Waals surface area contributed by atoms with E-state index in [1.165, 1.54) is 63.7 Å². The Morgan fingerprint density at radius 2 is 1.81 bits per heavy atom. The fourth-order valence-corrected chi connectivity index (χ4v) is 5.68. The third-order valence-corrected chi connectivity index (χ3v) is 8.27. The molecule has 0 aliphatic carbocycles. The predicted molar refractivity (Wildman–Crippen MR) is 148 cm³/mol. The number of carbonyl (C=O) groups is 2. The first-order chi connectivity index (χ1) is 17.8. The van der Waals surface area contributed by atoms with Crippen molar-refractivity contribution in [2.24, 2.45) is 0 Å². The number of nitrogens with zero attached hydrogens (tertiary/aromatic N) is 3. The van der Waals surface area contributed by atoms with Crippen molar-refractivity contribution in [2.45, 2.75) is 37.5 Å². The Morgan fingerprint density at radius 3 is 2.54 bits per heavy atom. The minimum absolute atomic E-state index is 0.0169. The third kappa shape index (κ3) is 7.73. The van der Waals surface area contributed by atoms with E-state index in [-0.39, 0.29) is 27.4 Å². The van der Waals surface area contributed by atoms with Crippen molar-refractivity contribution in [2.75, 3.05) is 42.0 Å². The van der Waals surface area contributed by atoms with Gasteiger partial charge < -0.3 is 10.2 Å². The Kier molecular flexibility index (Phi) is 9.12. The minimum Gasteiger partial charge on any atom is -0.370 e. The molecule has 4 rings (SSSR count). The average Bonchev–Trinajstić information content (AvgIpc) is 2.90. The number of carbonyl (C=O) groups excluding carboxylic acids is 2. The number of fused-ring (bicyclic) bond motifs is 1. The Balaban J connectivity index is 1.35. The van der Waals surface area contributed by atoms with Crippen molar-refractivity contribution < 1.29 is 18.0 Å². The van der Waals surface area contributed by atoms with Crippen LogP contribution in [-0.2, 0) is 14.8 Å². The molecule has 1 aromatic carbocycles.